The maximum atomic E-state index is 9.46. The minimum atomic E-state index is -0.604. The van der Waals surface area contributed by atoms with Crippen molar-refractivity contribution in [1.82, 2.24) is 0 Å². The predicted octanol–water partition coefficient (Wildman–Crippen LogP) is -0.0709. The molecule has 1 aliphatic heterocycles. The Hall–Kier alpha value is -0.380. The molecule has 1 fully saturated rings. The van der Waals surface area contributed by atoms with Crippen LogP contribution in [0.4, 0.5) is 0 Å². The summed E-state index contributed by atoms with van der Waals surface area (Å²) in [5, 5.41) is 18.2. The molecule has 3 nitrogen and oxygen atoms in total. The molecule has 11 heavy (non-hydrogen) atoms. The fraction of sp³-hybridized carbons (Fsp3) is 0.750. The monoisotopic (exact) mass is 158 g/mol. The fourth-order valence-electron chi connectivity index (χ4n) is 1.45. The zero-order valence-corrected chi connectivity index (χ0v) is 6.60. The molecule has 2 N–H and O–H groups in total. The van der Waals surface area contributed by atoms with Gasteiger partial charge in [-0.05, 0) is 6.92 Å². The number of aliphatic hydroxyl groups excluding tert-OH is 2. The third kappa shape index (κ3) is 1.45. The summed E-state index contributed by atoms with van der Waals surface area (Å²) in [6.45, 7) is 5.33. The molecule has 1 rings (SSSR count). The molecule has 0 saturated carbocycles. The Morgan fingerprint density at radius 2 is 2.27 bits per heavy atom. The van der Waals surface area contributed by atoms with Crippen LogP contribution in [0.3, 0.4) is 0 Å². The molecule has 0 spiro atoms. The Balaban J connectivity index is 2.62. The summed E-state index contributed by atoms with van der Waals surface area (Å²) in [6.07, 6.45) is 0.588. The molecule has 1 heterocycles. The van der Waals surface area contributed by atoms with Gasteiger partial charge < -0.3 is 14.9 Å². The largest absolute Gasteiger partial charge is 0.394 e. The molecular formula is C8H14O3. The second-order valence-electron chi connectivity index (χ2n) is 2.87. The molecule has 3 heteroatoms. The van der Waals surface area contributed by atoms with Crippen LogP contribution < -0.4 is 0 Å². The van der Waals surface area contributed by atoms with Crippen LogP contribution in [0.1, 0.15) is 6.92 Å². The van der Waals surface area contributed by atoms with Crippen molar-refractivity contribution in [1.29, 1.82) is 0 Å². The van der Waals surface area contributed by atoms with Crippen molar-refractivity contribution in [2.45, 2.75) is 25.2 Å². The van der Waals surface area contributed by atoms with E-state index in [4.69, 9.17) is 9.84 Å². The molecule has 64 valence electrons. The van der Waals surface area contributed by atoms with Gasteiger partial charge in [0.05, 0.1) is 18.8 Å². The van der Waals surface area contributed by atoms with E-state index in [1.807, 2.05) is 6.92 Å². The lowest BCUT2D eigenvalue weighted by Gasteiger charge is -2.12. The van der Waals surface area contributed by atoms with Crippen LogP contribution in [0.2, 0.25) is 0 Å². The highest BCUT2D eigenvalue weighted by molar-refractivity contribution is 4.97. The van der Waals surface area contributed by atoms with E-state index >= 15 is 0 Å². The second-order valence-corrected chi connectivity index (χ2v) is 2.87. The van der Waals surface area contributed by atoms with E-state index in [1.54, 1.807) is 6.08 Å². The molecule has 4 atom stereocenters. The summed E-state index contributed by atoms with van der Waals surface area (Å²) in [6, 6.07) is 0. The van der Waals surface area contributed by atoms with Gasteiger partial charge in [0.1, 0.15) is 6.10 Å². The first-order valence-corrected chi connectivity index (χ1v) is 3.77. The molecule has 0 aromatic carbocycles. The smallest absolute Gasteiger partial charge is 0.107 e. The molecule has 0 amide bonds. The van der Waals surface area contributed by atoms with Crippen molar-refractivity contribution in [3.63, 3.8) is 0 Å². The van der Waals surface area contributed by atoms with Gasteiger partial charge in [-0.3, -0.25) is 0 Å². The van der Waals surface area contributed by atoms with Crippen molar-refractivity contribution in [2.24, 2.45) is 5.92 Å². The molecule has 0 aromatic heterocycles. The van der Waals surface area contributed by atoms with Crippen LogP contribution in [0, 0.1) is 5.92 Å². The minimum Gasteiger partial charge on any atom is -0.394 e. The van der Waals surface area contributed by atoms with Crippen molar-refractivity contribution < 1.29 is 14.9 Å². The van der Waals surface area contributed by atoms with Crippen molar-refractivity contribution in [3.8, 4) is 0 Å². The quantitative estimate of drug-likeness (QED) is 0.553. The zero-order valence-electron chi connectivity index (χ0n) is 6.60. The lowest BCUT2D eigenvalue weighted by atomic mass is 9.98. The normalized spacial score (nSPS) is 44.3. The van der Waals surface area contributed by atoms with E-state index in [0.29, 0.717) is 0 Å². The fourth-order valence-corrected chi connectivity index (χ4v) is 1.45. The number of hydrogen-bond donors (Lipinski definition) is 2. The van der Waals surface area contributed by atoms with Crippen LogP contribution in [-0.4, -0.2) is 35.1 Å². The number of ether oxygens (including phenoxy) is 1. The molecule has 1 aliphatic rings. The van der Waals surface area contributed by atoms with Crippen LogP contribution in [0.5, 0.6) is 0 Å². The molecule has 0 aromatic rings. The van der Waals surface area contributed by atoms with E-state index in [2.05, 4.69) is 6.58 Å². The van der Waals surface area contributed by atoms with Crippen LogP contribution in [-0.2, 0) is 4.74 Å². The van der Waals surface area contributed by atoms with Crippen molar-refractivity contribution >= 4 is 0 Å². The van der Waals surface area contributed by atoms with Crippen molar-refractivity contribution in [3.05, 3.63) is 12.7 Å². The lowest BCUT2D eigenvalue weighted by Crippen LogP contribution is -2.28. The van der Waals surface area contributed by atoms with Crippen LogP contribution >= 0.6 is 0 Å². The third-order valence-electron chi connectivity index (χ3n) is 2.16. The SMILES string of the molecule is C=CC1C(C)OC(CO)C1O. The van der Waals surface area contributed by atoms with E-state index in [9.17, 15) is 5.11 Å². The summed E-state index contributed by atoms with van der Waals surface area (Å²) >= 11 is 0. The van der Waals surface area contributed by atoms with Gasteiger partial charge in [0.25, 0.3) is 0 Å². The van der Waals surface area contributed by atoms with Gasteiger partial charge >= 0.3 is 0 Å². The zero-order chi connectivity index (χ0) is 8.43. The van der Waals surface area contributed by atoms with E-state index in [1.165, 1.54) is 0 Å². The molecule has 1 saturated heterocycles. The molecule has 0 aliphatic carbocycles. The number of hydrogen-bond acceptors (Lipinski definition) is 3. The Bertz CT molecular complexity index is 146. The van der Waals surface area contributed by atoms with Gasteiger partial charge in [-0.1, -0.05) is 6.08 Å². The predicted molar refractivity (Wildman–Crippen MR) is 41.1 cm³/mol. The van der Waals surface area contributed by atoms with E-state index in [-0.39, 0.29) is 18.6 Å². The first-order chi connectivity index (χ1) is 5.20. The van der Waals surface area contributed by atoms with Crippen LogP contribution in [0.25, 0.3) is 0 Å². The average Bonchev–Trinajstić information content (AvgIpc) is 2.26. The van der Waals surface area contributed by atoms with Gasteiger partial charge in [0.2, 0.25) is 0 Å². The van der Waals surface area contributed by atoms with Crippen LogP contribution in [0.15, 0.2) is 12.7 Å². The summed E-state index contributed by atoms with van der Waals surface area (Å²) < 4.78 is 5.25. The van der Waals surface area contributed by atoms with E-state index in [0.717, 1.165) is 0 Å². The molecular weight excluding hydrogens is 144 g/mol. The minimum absolute atomic E-state index is 0.0420. The Labute approximate surface area is 66.3 Å². The molecule has 0 bridgehead atoms. The Morgan fingerprint density at radius 1 is 1.64 bits per heavy atom. The number of rotatable bonds is 2. The summed E-state index contributed by atoms with van der Waals surface area (Å²) in [5.41, 5.74) is 0. The topological polar surface area (TPSA) is 49.7 Å². The van der Waals surface area contributed by atoms with E-state index < -0.39 is 12.2 Å². The maximum Gasteiger partial charge on any atom is 0.107 e. The average molecular weight is 158 g/mol. The lowest BCUT2D eigenvalue weighted by molar-refractivity contribution is -0.0170. The third-order valence-corrected chi connectivity index (χ3v) is 2.16. The van der Waals surface area contributed by atoms with Gasteiger partial charge in [0.15, 0.2) is 0 Å². The second kappa shape index (κ2) is 3.34. The standard InChI is InChI=1S/C8H14O3/c1-3-6-5(2)11-7(4-9)8(6)10/h3,5-10H,1,4H2,2H3. The summed E-state index contributed by atoms with van der Waals surface area (Å²) in [5.74, 6) is -0.0489. The number of aliphatic hydroxyl groups is 2. The van der Waals surface area contributed by atoms with Gasteiger partial charge in [-0.2, -0.15) is 0 Å². The van der Waals surface area contributed by atoms with Gasteiger partial charge in [-0.25, -0.2) is 0 Å². The molecule has 4 unspecified atom stereocenters. The first kappa shape index (κ1) is 8.71. The first-order valence-electron chi connectivity index (χ1n) is 3.77. The van der Waals surface area contributed by atoms with Gasteiger partial charge in [-0.15, -0.1) is 6.58 Å². The highest BCUT2D eigenvalue weighted by atomic mass is 16.5. The van der Waals surface area contributed by atoms with Gasteiger partial charge in [0, 0.05) is 5.92 Å². The maximum absolute atomic E-state index is 9.46. The Morgan fingerprint density at radius 3 is 2.55 bits per heavy atom. The summed E-state index contributed by atoms with van der Waals surface area (Å²) in [4.78, 5) is 0. The highest BCUT2D eigenvalue weighted by Crippen LogP contribution is 2.27. The highest BCUT2D eigenvalue weighted by Gasteiger charge is 2.38. The van der Waals surface area contributed by atoms with Crippen molar-refractivity contribution in [2.75, 3.05) is 6.61 Å². The molecule has 0 radical (unpaired) electrons. The Kier molecular flexibility index (Phi) is 2.65. The summed E-state index contributed by atoms with van der Waals surface area (Å²) in [7, 11) is 0.